The second-order valence-corrected chi connectivity index (χ2v) is 8.05. The van der Waals surface area contributed by atoms with Crippen LogP contribution in [0.2, 0.25) is 0 Å². The number of anilines is 3. The lowest BCUT2D eigenvalue weighted by Gasteiger charge is -2.27. The molecular formula is C25H26N4O5. The van der Waals surface area contributed by atoms with Crippen molar-refractivity contribution in [3.05, 3.63) is 54.1 Å². The first-order valence-electron chi connectivity index (χ1n) is 10.9. The van der Waals surface area contributed by atoms with Crippen LogP contribution in [0.25, 0.3) is 0 Å². The van der Waals surface area contributed by atoms with Crippen LogP contribution >= 0.6 is 0 Å². The standard InChI is InChI=1S/C25H26N4O5/c1-3-17-4-6-19(7-5-17)27-25(32)29-15-21(33-2)14-22(29)24(31)26-18-8-10-20(11-9-18)28-12-13-34-16-23(28)30/h1,4-11,21-22H,12-16H2,2H3,(H,26,31)(H,27,32)/t21-,22-/m1/s1. The molecule has 2 atom stereocenters. The SMILES string of the molecule is C#Cc1ccc(NC(=O)N2C[C@H](OC)C[C@@H]2C(=O)Nc2ccc(N3CCOCC3=O)cc2)cc1. The van der Waals surface area contributed by atoms with E-state index in [2.05, 4.69) is 16.6 Å². The van der Waals surface area contributed by atoms with Crippen LogP contribution in [-0.2, 0) is 19.1 Å². The van der Waals surface area contributed by atoms with Crippen LogP contribution in [-0.4, -0.2) is 68.3 Å². The van der Waals surface area contributed by atoms with Gasteiger partial charge in [0.05, 0.1) is 12.7 Å². The number of carbonyl (C=O) groups is 3. The summed E-state index contributed by atoms with van der Waals surface area (Å²) >= 11 is 0. The van der Waals surface area contributed by atoms with Crippen molar-refractivity contribution in [1.29, 1.82) is 0 Å². The Morgan fingerprint density at radius 1 is 1.09 bits per heavy atom. The highest BCUT2D eigenvalue weighted by molar-refractivity contribution is 6.00. The van der Waals surface area contributed by atoms with Crippen LogP contribution in [0.1, 0.15) is 12.0 Å². The number of rotatable bonds is 5. The molecule has 0 bridgehead atoms. The number of morpholine rings is 1. The number of nitrogens with one attached hydrogen (secondary N) is 2. The number of urea groups is 1. The molecule has 0 unspecified atom stereocenters. The van der Waals surface area contributed by atoms with Crippen molar-refractivity contribution in [2.75, 3.05) is 48.9 Å². The Labute approximate surface area is 198 Å². The summed E-state index contributed by atoms with van der Waals surface area (Å²) in [5.41, 5.74) is 2.60. The van der Waals surface area contributed by atoms with Gasteiger partial charge in [0.15, 0.2) is 0 Å². The molecule has 0 aromatic heterocycles. The van der Waals surface area contributed by atoms with Crippen LogP contribution < -0.4 is 15.5 Å². The van der Waals surface area contributed by atoms with Gasteiger partial charge in [0, 0.05) is 49.2 Å². The molecular weight excluding hydrogens is 436 g/mol. The van der Waals surface area contributed by atoms with E-state index in [0.717, 1.165) is 5.69 Å². The summed E-state index contributed by atoms with van der Waals surface area (Å²) in [6, 6.07) is 12.8. The van der Waals surface area contributed by atoms with Gasteiger partial charge in [-0.05, 0) is 48.5 Å². The highest BCUT2D eigenvalue weighted by atomic mass is 16.5. The second kappa shape index (κ2) is 10.4. The van der Waals surface area contributed by atoms with E-state index >= 15 is 0 Å². The number of ether oxygens (including phenoxy) is 2. The maximum atomic E-state index is 13.1. The fourth-order valence-corrected chi connectivity index (χ4v) is 4.03. The molecule has 4 rings (SSSR count). The topological polar surface area (TPSA) is 100 Å². The highest BCUT2D eigenvalue weighted by Crippen LogP contribution is 2.24. The molecule has 0 saturated carbocycles. The first kappa shape index (κ1) is 23.3. The molecule has 2 aliphatic heterocycles. The third-order valence-corrected chi connectivity index (χ3v) is 5.89. The Bertz CT molecular complexity index is 1090. The summed E-state index contributed by atoms with van der Waals surface area (Å²) in [5.74, 6) is 2.11. The van der Waals surface area contributed by atoms with Crippen molar-refractivity contribution < 1.29 is 23.9 Å². The lowest BCUT2D eigenvalue weighted by molar-refractivity contribution is -0.125. The van der Waals surface area contributed by atoms with E-state index in [9.17, 15) is 14.4 Å². The van der Waals surface area contributed by atoms with Crippen LogP contribution in [0.5, 0.6) is 0 Å². The molecule has 0 spiro atoms. The molecule has 2 aromatic rings. The lowest BCUT2D eigenvalue weighted by Crippen LogP contribution is -2.45. The first-order chi connectivity index (χ1) is 16.5. The smallest absolute Gasteiger partial charge is 0.322 e. The fourth-order valence-electron chi connectivity index (χ4n) is 4.03. The fraction of sp³-hybridized carbons (Fsp3) is 0.320. The van der Waals surface area contributed by atoms with Gasteiger partial charge in [-0.2, -0.15) is 0 Å². The normalized spacial score (nSPS) is 20.1. The summed E-state index contributed by atoms with van der Waals surface area (Å²) in [6.45, 7) is 1.33. The summed E-state index contributed by atoms with van der Waals surface area (Å²) < 4.78 is 10.6. The van der Waals surface area contributed by atoms with Crippen molar-refractivity contribution in [3.63, 3.8) is 0 Å². The minimum atomic E-state index is -0.699. The van der Waals surface area contributed by atoms with Crippen LogP contribution in [0, 0.1) is 12.3 Å². The Hall–Kier alpha value is -3.87. The minimum Gasteiger partial charge on any atom is -0.380 e. The van der Waals surface area contributed by atoms with Crippen molar-refractivity contribution >= 4 is 34.9 Å². The van der Waals surface area contributed by atoms with Gasteiger partial charge in [0.1, 0.15) is 12.6 Å². The predicted octanol–water partition coefficient (Wildman–Crippen LogP) is 2.29. The molecule has 0 aliphatic carbocycles. The Morgan fingerprint density at radius 2 is 1.76 bits per heavy atom. The van der Waals surface area contributed by atoms with E-state index < -0.39 is 12.1 Å². The number of methoxy groups -OCH3 is 1. The molecule has 176 valence electrons. The first-order valence-corrected chi connectivity index (χ1v) is 10.9. The van der Waals surface area contributed by atoms with Gasteiger partial charge in [0.2, 0.25) is 5.91 Å². The zero-order chi connectivity index (χ0) is 24.1. The van der Waals surface area contributed by atoms with Crippen LogP contribution in [0.4, 0.5) is 21.9 Å². The molecule has 2 aromatic carbocycles. The molecule has 2 aliphatic rings. The van der Waals surface area contributed by atoms with Crippen LogP contribution in [0.15, 0.2) is 48.5 Å². The minimum absolute atomic E-state index is 0.0623. The second-order valence-electron chi connectivity index (χ2n) is 8.05. The third-order valence-electron chi connectivity index (χ3n) is 5.89. The average Bonchev–Trinajstić information content (AvgIpc) is 3.30. The molecule has 2 heterocycles. The number of amides is 4. The molecule has 9 nitrogen and oxygen atoms in total. The van der Waals surface area contributed by atoms with E-state index in [0.29, 0.717) is 43.1 Å². The summed E-state index contributed by atoms with van der Waals surface area (Å²) in [7, 11) is 1.56. The van der Waals surface area contributed by atoms with Gasteiger partial charge < -0.3 is 29.9 Å². The van der Waals surface area contributed by atoms with Gasteiger partial charge in [-0.15, -0.1) is 6.42 Å². The van der Waals surface area contributed by atoms with Crippen molar-refractivity contribution in [1.82, 2.24) is 4.90 Å². The molecule has 0 radical (unpaired) electrons. The third kappa shape index (κ3) is 5.20. The summed E-state index contributed by atoms with van der Waals surface area (Å²) in [5, 5.41) is 5.68. The number of hydrogen-bond acceptors (Lipinski definition) is 5. The molecule has 34 heavy (non-hydrogen) atoms. The lowest BCUT2D eigenvalue weighted by atomic mass is 10.1. The Kier molecular flexibility index (Phi) is 7.11. The molecule has 2 N–H and O–H groups in total. The number of carbonyl (C=O) groups excluding carboxylic acids is 3. The zero-order valence-electron chi connectivity index (χ0n) is 18.8. The average molecular weight is 463 g/mol. The maximum absolute atomic E-state index is 13.1. The van der Waals surface area contributed by atoms with Crippen molar-refractivity contribution in [2.24, 2.45) is 0 Å². The van der Waals surface area contributed by atoms with Gasteiger partial charge in [0.25, 0.3) is 5.91 Å². The Morgan fingerprint density at radius 3 is 2.41 bits per heavy atom. The van der Waals surface area contributed by atoms with Crippen LogP contribution in [0.3, 0.4) is 0 Å². The van der Waals surface area contributed by atoms with E-state index in [1.54, 1.807) is 60.5 Å². The highest BCUT2D eigenvalue weighted by Gasteiger charge is 2.40. The van der Waals surface area contributed by atoms with E-state index in [-0.39, 0.29) is 24.5 Å². The largest absolute Gasteiger partial charge is 0.380 e. The maximum Gasteiger partial charge on any atom is 0.322 e. The molecule has 2 saturated heterocycles. The monoisotopic (exact) mass is 462 g/mol. The van der Waals surface area contributed by atoms with E-state index in [1.165, 1.54) is 4.90 Å². The number of benzene rings is 2. The van der Waals surface area contributed by atoms with Gasteiger partial charge in [-0.1, -0.05) is 5.92 Å². The summed E-state index contributed by atoms with van der Waals surface area (Å²) in [6.07, 6.45) is 5.50. The van der Waals surface area contributed by atoms with E-state index in [1.807, 2.05) is 0 Å². The summed E-state index contributed by atoms with van der Waals surface area (Å²) in [4.78, 5) is 41.2. The van der Waals surface area contributed by atoms with Gasteiger partial charge in [-0.3, -0.25) is 9.59 Å². The quantitative estimate of drug-likeness (QED) is 0.665. The van der Waals surface area contributed by atoms with Crippen molar-refractivity contribution in [2.45, 2.75) is 18.6 Å². The zero-order valence-corrected chi connectivity index (χ0v) is 18.8. The predicted molar refractivity (Wildman–Crippen MR) is 128 cm³/mol. The Balaban J connectivity index is 1.42. The van der Waals surface area contributed by atoms with Gasteiger partial charge in [-0.25, -0.2) is 4.79 Å². The molecule has 9 heteroatoms. The van der Waals surface area contributed by atoms with Crippen molar-refractivity contribution in [3.8, 4) is 12.3 Å². The van der Waals surface area contributed by atoms with E-state index in [4.69, 9.17) is 15.9 Å². The number of hydrogen-bond donors (Lipinski definition) is 2. The number of terminal acetylenes is 1. The molecule has 4 amide bonds. The number of likely N-dealkylation sites (tertiary alicyclic amines) is 1. The molecule has 2 fully saturated rings. The number of nitrogens with zero attached hydrogens (tertiary/aromatic N) is 2. The van der Waals surface area contributed by atoms with Gasteiger partial charge >= 0.3 is 6.03 Å².